The lowest BCUT2D eigenvalue weighted by Gasteiger charge is -2.21. The molecule has 84 valence electrons. The van der Waals surface area contributed by atoms with Crippen LogP contribution in [0.1, 0.15) is 0 Å². The summed E-state index contributed by atoms with van der Waals surface area (Å²) in [6.45, 7) is 0.725. The fourth-order valence-electron chi connectivity index (χ4n) is 1.25. The minimum atomic E-state index is -0.0197. The van der Waals surface area contributed by atoms with Crippen LogP contribution in [0, 0.1) is 0 Å². The van der Waals surface area contributed by atoms with Crippen LogP contribution < -0.4 is 10.6 Å². The number of nitrogens with two attached hydrogens (primary N) is 1. The van der Waals surface area contributed by atoms with E-state index in [1.807, 2.05) is 0 Å². The Kier molecular flexibility index (Phi) is 4.61. The van der Waals surface area contributed by atoms with Crippen molar-refractivity contribution in [2.45, 2.75) is 0 Å². The van der Waals surface area contributed by atoms with E-state index in [-0.39, 0.29) is 13.2 Å². The highest BCUT2D eigenvalue weighted by atomic mass is 35.5. The molecule has 1 aromatic rings. The van der Waals surface area contributed by atoms with Gasteiger partial charge in [-0.3, -0.25) is 0 Å². The number of rotatable bonds is 5. The maximum atomic E-state index is 8.85. The van der Waals surface area contributed by atoms with Crippen LogP contribution >= 0.6 is 11.6 Å². The number of pyridine rings is 1. The monoisotopic (exact) mass is 231 g/mol. The number of nitrogens with zero attached hydrogens (tertiary/aromatic N) is 2. The van der Waals surface area contributed by atoms with Crippen LogP contribution in [0.5, 0.6) is 0 Å². The van der Waals surface area contributed by atoms with Gasteiger partial charge in [-0.1, -0.05) is 11.6 Å². The first-order valence-electron chi connectivity index (χ1n) is 4.57. The van der Waals surface area contributed by atoms with Crippen LogP contribution in [0.4, 0.5) is 11.5 Å². The summed E-state index contributed by atoms with van der Waals surface area (Å²) in [6, 6.07) is 3.19. The molecule has 0 unspecified atom stereocenters. The average molecular weight is 232 g/mol. The Morgan fingerprint density at radius 3 is 2.33 bits per heavy atom. The minimum Gasteiger partial charge on any atom is -0.399 e. The molecule has 0 aromatic carbocycles. The van der Waals surface area contributed by atoms with E-state index in [1.54, 1.807) is 17.0 Å². The summed E-state index contributed by atoms with van der Waals surface area (Å²) in [4.78, 5) is 5.77. The summed E-state index contributed by atoms with van der Waals surface area (Å²) in [5, 5.41) is 18.0. The zero-order valence-corrected chi connectivity index (χ0v) is 8.98. The molecule has 0 saturated heterocycles. The second kappa shape index (κ2) is 5.75. The molecule has 4 N–H and O–H groups in total. The number of halogens is 1. The Bertz CT molecular complexity index is 296. The predicted molar refractivity (Wildman–Crippen MR) is 60.0 cm³/mol. The number of nitrogen functional groups attached to an aromatic ring is 1. The quantitative estimate of drug-likeness (QED) is 0.627. The van der Waals surface area contributed by atoms with Crippen molar-refractivity contribution in [2.24, 2.45) is 0 Å². The largest absolute Gasteiger partial charge is 0.399 e. The molecule has 6 heteroatoms. The fraction of sp³-hybridized carbons (Fsp3) is 0.444. The molecule has 0 fully saturated rings. The SMILES string of the molecule is Nc1cc(Cl)nc(N(CCO)CCO)c1. The summed E-state index contributed by atoms with van der Waals surface area (Å²) in [5.74, 6) is 0.558. The van der Waals surface area contributed by atoms with Gasteiger partial charge in [0.2, 0.25) is 0 Å². The first-order chi connectivity index (χ1) is 7.17. The lowest BCUT2D eigenvalue weighted by atomic mass is 10.3. The number of hydrogen-bond donors (Lipinski definition) is 3. The number of aliphatic hydroxyl groups is 2. The van der Waals surface area contributed by atoms with Gasteiger partial charge in [-0.25, -0.2) is 4.98 Å². The Morgan fingerprint density at radius 2 is 1.87 bits per heavy atom. The molecule has 1 aromatic heterocycles. The molecule has 0 spiro atoms. The molecule has 0 bridgehead atoms. The molecular formula is C9H14ClN3O2. The molecule has 0 saturated carbocycles. The molecule has 1 heterocycles. The van der Waals surface area contributed by atoms with Crippen molar-refractivity contribution in [1.82, 2.24) is 4.98 Å². The average Bonchev–Trinajstić information content (AvgIpc) is 2.16. The smallest absolute Gasteiger partial charge is 0.133 e. The van der Waals surface area contributed by atoms with Gasteiger partial charge in [0.15, 0.2) is 0 Å². The van der Waals surface area contributed by atoms with Crippen LogP contribution in [0.3, 0.4) is 0 Å². The van der Waals surface area contributed by atoms with Gasteiger partial charge < -0.3 is 20.8 Å². The van der Waals surface area contributed by atoms with Crippen LogP contribution in [0.2, 0.25) is 5.15 Å². The molecule has 5 nitrogen and oxygen atoms in total. The molecule has 0 aliphatic heterocycles. The number of aliphatic hydroxyl groups excluding tert-OH is 2. The van der Waals surface area contributed by atoms with Crippen molar-refractivity contribution in [2.75, 3.05) is 36.9 Å². The standard InChI is InChI=1S/C9H14ClN3O2/c10-8-5-7(11)6-9(12-8)13(1-3-14)2-4-15/h5-6,14-15H,1-4H2,(H2,11,12). The van der Waals surface area contributed by atoms with Crippen LogP contribution in [0.15, 0.2) is 12.1 Å². The van der Waals surface area contributed by atoms with E-state index in [2.05, 4.69) is 4.98 Å². The van der Waals surface area contributed by atoms with Crippen molar-refractivity contribution in [3.63, 3.8) is 0 Å². The van der Waals surface area contributed by atoms with Gasteiger partial charge in [-0.05, 0) is 6.07 Å². The summed E-state index contributed by atoms with van der Waals surface area (Å²) < 4.78 is 0. The molecule has 0 amide bonds. The Balaban J connectivity index is 2.88. The maximum absolute atomic E-state index is 8.85. The Hall–Kier alpha value is -1.04. The van der Waals surface area contributed by atoms with Crippen molar-refractivity contribution < 1.29 is 10.2 Å². The zero-order chi connectivity index (χ0) is 11.3. The molecular weight excluding hydrogens is 218 g/mol. The second-order valence-corrected chi connectivity index (χ2v) is 3.40. The molecule has 0 atom stereocenters. The summed E-state index contributed by atoms with van der Waals surface area (Å²) in [7, 11) is 0. The van der Waals surface area contributed by atoms with E-state index in [1.165, 1.54) is 0 Å². The van der Waals surface area contributed by atoms with E-state index in [0.717, 1.165) is 0 Å². The van der Waals surface area contributed by atoms with Crippen molar-refractivity contribution in [3.8, 4) is 0 Å². The molecule has 0 aliphatic rings. The molecule has 15 heavy (non-hydrogen) atoms. The van der Waals surface area contributed by atoms with Gasteiger partial charge in [0.1, 0.15) is 11.0 Å². The first-order valence-corrected chi connectivity index (χ1v) is 4.95. The van der Waals surface area contributed by atoms with Crippen LogP contribution in [-0.2, 0) is 0 Å². The summed E-state index contributed by atoms with van der Waals surface area (Å²) in [5.41, 5.74) is 6.12. The van der Waals surface area contributed by atoms with Crippen LogP contribution in [-0.4, -0.2) is 41.5 Å². The lowest BCUT2D eigenvalue weighted by molar-refractivity contribution is 0.280. The molecule has 0 aliphatic carbocycles. The highest BCUT2D eigenvalue weighted by molar-refractivity contribution is 6.29. The number of aromatic nitrogens is 1. The summed E-state index contributed by atoms with van der Waals surface area (Å²) >= 11 is 5.75. The highest BCUT2D eigenvalue weighted by Crippen LogP contribution is 2.19. The minimum absolute atomic E-state index is 0.0197. The fourth-order valence-corrected chi connectivity index (χ4v) is 1.46. The first kappa shape index (κ1) is 12.0. The van der Waals surface area contributed by atoms with Crippen molar-refractivity contribution in [3.05, 3.63) is 17.3 Å². The van der Waals surface area contributed by atoms with E-state index in [4.69, 9.17) is 27.5 Å². The van der Waals surface area contributed by atoms with Gasteiger partial charge in [0, 0.05) is 24.8 Å². The highest BCUT2D eigenvalue weighted by Gasteiger charge is 2.08. The van der Waals surface area contributed by atoms with Gasteiger partial charge >= 0.3 is 0 Å². The topological polar surface area (TPSA) is 82.6 Å². The van der Waals surface area contributed by atoms with Crippen LogP contribution in [0.25, 0.3) is 0 Å². The number of anilines is 2. The Morgan fingerprint density at radius 1 is 1.27 bits per heavy atom. The van der Waals surface area contributed by atoms with E-state index < -0.39 is 0 Å². The maximum Gasteiger partial charge on any atom is 0.133 e. The third kappa shape index (κ3) is 3.54. The van der Waals surface area contributed by atoms with Crippen molar-refractivity contribution >= 4 is 23.1 Å². The van der Waals surface area contributed by atoms with Gasteiger partial charge in [-0.2, -0.15) is 0 Å². The molecule has 1 rings (SSSR count). The second-order valence-electron chi connectivity index (χ2n) is 3.02. The van der Waals surface area contributed by atoms with E-state index in [0.29, 0.717) is 29.7 Å². The number of hydrogen-bond acceptors (Lipinski definition) is 5. The van der Waals surface area contributed by atoms with Gasteiger partial charge in [-0.15, -0.1) is 0 Å². The zero-order valence-electron chi connectivity index (χ0n) is 8.23. The van der Waals surface area contributed by atoms with E-state index in [9.17, 15) is 0 Å². The predicted octanol–water partition coefficient (Wildman–Crippen LogP) is 0.108. The van der Waals surface area contributed by atoms with Gasteiger partial charge in [0.05, 0.1) is 13.2 Å². The third-order valence-electron chi connectivity index (χ3n) is 1.87. The third-order valence-corrected chi connectivity index (χ3v) is 2.06. The Labute approximate surface area is 93.1 Å². The van der Waals surface area contributed by atoms with Gasteiger partial charge in [0.25, 0.3) is 0 Å². The summed E-state index contributed by atoms with van der Waals surface area (Å²) in [6.07, 6.45) is 0. The normalized spacial score (nSPS) is 10.3. The van der Waals surface area contributed by atoms with E-state index >= 15 is 0 Å². The lowest BCUT2D eigenvalue weighted by Crippen LogP contribution is -2.30. The molecule has 0 radical (unpaired) electrons. The van der Waals surface area contributed by atoms with Crippen molar-refractivity contribution in [1.29, 1.82) is 0 Å².